The first-order valence-electron chi connectivity index (χ1n) is 6.54. The van der Waals surface area contributed by atoms with E-state index in [1.165, 1.54) is 37.0 Å². The molecule has 1 nitrogen and oxygen atoms in total. The van der Waals surface area contributed by atoms with E-state index < -0.39 is 0 Å². The van der Waals surface area contributed by atoms with Gasteiger partial charge in [0.1, 0.15) is 0 Å². The summed E-state index contributed by atoms with van der Waals surface area (Å²) in [5.74, 6) is 0.861. The first-order valence-corrected chi connectivity index (χ1v) is 7.42. The second-order valence-corrected chi connectivity index (χ2v) is 6.25. The second kappa shape index (κ2) is 5.83. The van der Waals surface area contributed by atoms with Crippen molar-refractivity contribution in [1.82, 2.24) is 5.32 Å². The van der Waals surface area contributed by atoms with Gasteiger partial charge in [0, 0.05) is 17.0 Å². The molecule has 1 saturated carbocycles. The molecular weight excluding hydrogens is 214 g/mol. The van der Waals surface area contributed by atoms with Gasteiger partial charge in [0.2, 0.25) is 0 Å². The van der Waals surface area contributed by atoms with E-state index in [1.807, 2.05) is 11.3 Å². The SMILES string of the molecule is CC(Cc1cccs1)NC1CCCCC1C. The van der Waals surface area contributed by atoms with Crippen LogP contribution in [-0.4, -0.2) is 12.1 Å². The van der Waals surface area contributed by atoms with Gasteiger partial charge >= 0.3 is 0 Å². The predicted octanol–water partition coefficient (Wildman–Crippen LogP) is 3.85. The third-order valence-electron chi connectivity index (χ3n) is 3.70. The summed E-state index contributed by atoms with van der Waals surface area (Å²) in [7, 11) is 0. The molecule has 1 aliphatic carbocycles. The molecule has 3 unspecified atom stereocenters. The van der Waals surface area contributed by atoms with Gasteiger partial charge in [-0.3, -0.25) is 0 Å². The van der Waals surface area contributed by atoms with Crippen molar-refractivity contribution in [3.05, 3.63) is 22.4 Å². The Kier molecular flexibility index (Phi) is 4.42. The fraction of sp³-hybridized carbons (Fsp3) is 0.714. The van der Waals surface area contributed by atoms with Gasteiger partial charge in [-0.1, -0.05) is 25.8 Å². The average Bonchev–Trinajstić information content (AvgIpc) is 2.74. The fourth-order valence-corrected chi connectivity index (χ4v) is 3.55. The number of hydrogen-bond donors (Lipinski definition) is 1. The minimum Gasteiger partial charge on any atom is -0.311 e. The maximum Gasteiger partial charge on any atom is 0.00953 e. The van der Waals surface area contributed by atoms with Crippen LogP contribution in [0.25, 0.3) is 0 Å². The molecule has 0 radical (unpaired) electrons. The molecule has 0 amide bonds. The van der Waals surface area contributed by atoms with E-state index in [-0.39, 0.29) is 0 Å². The molecule has 2 rings (SSSR count). The molecule has 90 valence electrons. The van der Waals surface area contributed by atoms with E-state index in [0.717, 1.165) is 12.0 Å². The summed E-state index contributed by atoms with van der Waals surface area (Å²) in [6.45, 7) is 4.72. The highest BCUT2D eigenvalue weighted by Crippen LogP contribution is 2.24. The van der Waals surface area contributed by atoms with Gasteiger partial charge in [0.25, 0.3) is 0 Å². The third kappa shape index (κ3) is 3.33. The van der Waals surface area contributed by atoms with Gasteiger partial charge in [-0.25, -0.2) is 0 Å². The Hall–Kier alpha value is -0.340. The highest BCUT2D eigenvalue weighted by molar-refractivity contribution is 7.09. The Bertz CT molecular complexity index is 294. The highest BCUT2D eigenvalue weighted by Gasteiger charge is 2.22. The molecule has 1 heterocycles. The smallest absolute Gasteiger partial charge is 0.00953 e. The lowest BCUT2D eigenvalue weighted by molar-refractivity contribution is 0.262. The zero-order valence-corrected chi connectivity index (χ0v) is 11.2. The van der Waals surface area contributed by atoms with Crippen molar-refractivity contribution in [2.75, 3.05) is 0 Å². The largest absolute Gasteiger partial charge is 0.311 e. The second-order valence-electron chi connectivity index (χ2n) is 5.22. The summed E-state index contributed by atoms with van der Waals surface area (Å²) in [4.78, 5) is 1.50. The summed E-state index contributed by atoms with van der Waals surface area (Å²) in [5.41, 5.74) is 0. The van der Waals surface area contributed by atoms with Crippen molar-refractivity contribution in [1.29, 1.82) is 0 Å². The van der Waals surface area contributed by atoms with E-state index in [0.29, 0.717) is 6.04 Å². The summed E-state index contributed by atoms with van der Waals surface area (Å²) < 4.78 is 0. The van der Waals surface area contributed by atoms with Crippen LogP contribution in [0.4, 0.5) is 0 Å². The maximum atomic E-state index is 3.81. The van der Waals surface area contributed by atoms with Gasteiger partial charge in [0.05, 0.1) is 0 Å². The van der Waals surface area contributed by atoms with Crippen LogP contribution < -0.4 is 5.32 Å². The van der Waals surface area contributed by atoms with E-state index in [2.05, 4.69) is 36.7 Å². The van der Waals surface area contributed by atoms with Crippen molar-refractivity contribution < 1.29 is 0 Å². The predicted molar refractivity (Wildman–Crippen MR) is 72.0 cm³/mol. The summed E-state index contributed by atoms with van der Waals surface area (Å²) in [6.07, 6.45) is 6.80. The maximum absolute atomic E-state index is 3.81. The first-order chi connectivity index (χ1) is 7.75. The Morgan fingerprint density at radius 1 is 1.44 bits per heavy atom. The first kappa shape index (κ1) is 12.1. The normalized spacial score (nSPS) is 27.9. The van der Waals surface area contributed by atoms with Crippen LogP contribution >= 0.6 is 11.3 Å². The van der Waals surface area contributed by atoms with E-state index in [9.17, 15) is 0 Å². The lowest BCUT2D eigenvalue weighted by atomic mass is 9.85. The van der Waals surface area contributed by atoms with Crippen molar-refractivity contribution in [3.63, 3.8) is 0 Å². The minimum atomic E-state index is 0.615. The molecule has 0 spiro atoms. The zero-order valence-electron chi connectivity index (χ0n) is 10.4. The minimum absolute atomic E-state index is 0.615. The van der Waals surface area contributed by atoms with E-state index in [4.69, 9.17) is 0 Å². The third-order valence-corrected chi connectivity index (χ3v) is 4.60. The summed E-state index contributed by atoms with van der Waals surface area (Å²) >= 11 is 1.87. The molecule has 1 aliphatic rings. The van der Waals surface area contributed by atoms with Gasteiger partial charge in [-0.05, 0) is 43.6 Å². The fourth-order valence-electron chi connectivity index (χ4n) is 2.72. The van der Waals surface area contributed by atoms with Crippen LogP contribution in [-0.2, 0) is 6.42 Å². The van der Waals surface area contributed by atoms with Crippen molar-refractivity contribution in [3.8, 4) is 0 Å². The molecule has 1 fully saturated rings. The van der Waals surface area contributed by atoms with Crippen LogP contribution in [0.2, 0.25) is 0 Å². The summed E-state index contributed by atoms with van der Waals surface area (Å²) in [6, 6.07) is 5.76. The van der Waals surface area contributed by atoms with Gasteiger partial charge in [0.15, 0.2) is 0 Å². The Morgan fingerprint density at radius 2 is 2.25 bits per heavy atom. The van der Waals surface area contributed by atoms with E-state index in [1.54, 1.807) is 0 Å². The molecule has 1 aromatic heterocycles. The molecule has 0 saturated heterocycles. The Morgan fingerprint density at radius 3 is 2.94 bits per heavy atom. The number of hydrogen-bond acceptors (Lipinski definition) is 2. The molecule has 0 aliphatic heterocycles. The number of nitrogens with one attached hydrogen (secondary N) is 1. The lowest BCUT2D eigenvalue weighted by Gasteiger charge is -2.32. The van der Waals surface area contributed by atoms with Crippen LogP contribution in [0.1, 0.15) is 44.4 Å². The lowest BCUT2D eigenvalue weighted by Crippen LogP contribution is -2.43. The molecule has 16 heavy (non-hydrogen) atoms. The zero-order chi connectivity index (χ0) is 11.4. The molecule has 1 N–H and O–H groups in total. The van der Waals surface area contributed by atoms with Crippen molar-refractivity contribution in [2.45, 2.75) is 58.0 Å². The van der Waals surface area contributed by atoms with Gasteiger partial charge in [-0.2, -0.15) is 0 Å². The molecule has 1 aromatic rings. The van der Waals surface area contributed by atoms with Crippen molar-refractivity contribution >= 4 is 11.3 Å². The Balaban J connectivity index is 1.79. The van der Waals surface area contributed by atoms with Crippen LogP contribution in [0, 0.1) is 5.92 Å². The van der Waals surface area contributed by atoms with Crippen molar-refractivity contribution in [2.24, 2.45) is 5.92 Å². The topological polar surface area (TPSA) is 12.0 Å². The highest BCUT2D eigenvalue weighted by atomic mass is 32.1. The number of rotatable bonds is 4. The quantitative estimate of drug-likeness (QED) is 0.839. The molecule has 0 bridgehead atoms. The standard InChI is InChI=1S/C14H23NS/c1-11-6-3-4-8-14(11)15-12(2)10-13-7-5-9-16-13/h5,7,9,11-12,14-15H,3-4,6,8,10H2,1-2H3. The monoisotopic (exact) mass is 237 g/mol. The number of thiophene rings is 1. The molecular formula is C14H23NS. The average molecular weight is 237 g/mol. The van der Waals surface area contributed by atoms with Crippen LogP contribution in [0.5, 0.6) is 0 Å². The van der Waals surface area contributed by atoms with Crippen LogP contribution in [0.3, 0.4) is 0 Å². The molecule has 3 atom stereocenters. The molecule has 0 aromatic carbocycles. The summed E-state index contributed by atoms with van der Waals surface area (Å²) in [5, 5.41) is 5.99. The van der Waals surface area contributed by atoms with Gasteiger partial charge < -0.3 is 5.32 Å². The van der Waals surface area contributed by atoms with E-state index >= 15 is 0 Å². The van der Waals surface area contributed by atoms with Crippen LogP contribution in [0.15, 0.2) is 17.5 Å². The molecule has 2 heteroatoms. The Labute approximate surface area is 103 Å². The van der Waals surface area contributed by atoms with Gasteiger partial charge in [-0.15, -0.1) is 11.3 Å².